The third-order valence-electron chi connectivity index (χ3n) is 5.53. The Bertz CT molecular complexity index is 906. The molecule has 0 radical (unpaired) electrons. The van der Waals surface area contributed by atoms with E-state index in [-0.39, 0.29) is 6.61 Å². The lowest BCUT2D eigenvalue weighted by Crippen LogP contribution is -2.48. The van der Waals surface area contributed by atoms with Crippen molar-refractivity contribution in [2.24, 2.45) is 0 Å². The molecule has 0 bridgehead atoms. The molecule has 0 saturated heterocycles. The van der Waals surface area contributed by atoms with Crippen LogP contribution >= 0.6 is 0 Å². The van der Waals surface area contributed by atoms with Crippen LogP contribution in [-0.4, -0.2) is 52.9 Å². The highest BCUT2D eigenvalue weighted by Crippen LogP contribution is 2.19. The first-order valence-electron chi connectivity index (χ1n) is 11.6. The lowest BCUT2D eigenvalue weighted by atomic mass is 10.0. The van der Waals surface area contributed by atoms with Crippen molar-refractivity contribution in [2.75, 3.05) is 13.2 Å². The van der Waals surface area contributed by atoms with E-state index in [0.717, 1.165) is 16.7 Å². The molecule has 0 aliphatic rings. The zero-order valence-electron chi connectivity index (χ0n) is 19.3. The van der Waals surface area contributed by atoms with E-state index in [1.807, 2.05) is 91.0 Å². The van der Waals surface area contributed by atoms with Gasteiger partial charge in [-0.3, -0.25) is 0 Å². The van der Waals surface area contributed by atoms with E-state index in [9.17, 15) is 15.3 Å². The van der Waals surface area contributed by atoms with Gasteiger partial charge >= 0.3 is 0 Å². The van der Waals surface area contributed by atoms with Gasteiger partial charge in [0.1, 0.15) is 18.3 Å². The van der Waals surface area contributed by atoms with Gasteiger partial charge in [-0.15, -0.1) is 0 Å². The average molecular weight is 467 g/mol. The molecule has 3 N–H and O–H groups in total. The van der Waals surface area contributed by atoms with Gasteiger partial charge in [0.15, 0.2) is 0 Å². The van der Waals surface area contributed by atoms with E-state index in [0.29, 0.717) is 26.2 Å². The van der Waals surface area contributed by atoms with Crippen molar-refractivity contribution in [1.82, 2.24) is 0 Å². The minimum atomic E-state index is -1.26. The summed E-state index contributed by atoms with van der Waals surface area (Å²) in [5.41, 5.74) is 2.93. The largest absolute Gasteiger partial charge is 0.394 e. The van der Waals surface area contributed by atoms with Gasteiger partial charge in [-0.25, -0.2) is 0 Å². The smallest absolute Gasteiger partial charge is 0.114 e. The van der Waals surface area contributed by atoms with Gasteiger partial charge in [0.25, 0.3) is 0 Å². The maximum Gasteiger partial charge on any atom is 0.114 e. The monoisotopic (exact) mass is 466 g/mol. The summed E-state index contributed by atoms with van der Waals surface area (Å²) in [5.74, 6) is 0. The van der Waals surface area contributed by atoms with Crippen LogP contribution in [0.2, 0.25) is 0 Å². The Morgan fingerprint density at radius 3 is 1.59 bits per heavy atom. The summed E-state index contributed by atoms with van der Waals surface area (Å²) >= 11 is 0. The van der Waals surface area contributed by atoms with Gasteiger partial charge in [0.05, 0.1) is 32.5 Å². The van der Waals surface area contributed by atoms with Crippen LogP contribution in [0, 0.1) is 0 Å². The number of hydrogen-bond acceptors (Lipinski definition) is 6. The van der Waals surface area contributed by atoms with Crippen LogP contribution in [0.3, 0.4) is 0 Å². The van der Waals surface area contributed by atoms with E-state index in [1.54, 1.807) is 0 Å². The van der Waals surface area contributed by atoms with E-state index < -0.39 is 31.0 Å². The standard InChI is InChI=1S/C28H34O6/c29-18-25(30)28(34-21-24-14-8-3-9-15-24)27(31)26(33-20-23-12-6-2-7-13-23)16-17-32-19-22-10-4-1-5-11-22/h1-15,25-31H,16-21H2/t25-,26-,27?,28?/m1/s1. The fourth-order valence-electron chi connectivity index (χ4n) is 3.61. The Morgan fingerprint density at radius 1 is 0.618 bits per heavy atom. The highest BCUT2D eigenvalue weighted by atomic mass is 16.5. The fraction of sp³-hybridized carbons (Fsp3) is 0.357. The number of hydrogen-bond donors (Lipinski definition) is 3. The summed E-state index contributed by atoms with van der Waals surface area (Å²) in [7, 11) is 0. The summed E-state index contributed by atoms with van der Waals surface area (Å²) in [4.78, 5) is 0. The Morgan fingerprint density at radius 2 is 1.09 bits per heavy atom. The average Bonchev–Trinajstić information content (AvgIpc) is 2.89. The summed E-state index contributed by atoms with van der Waals surface area (Å²) in [5, 5.41) is 31.1. The molecule has 182 valence electrons. The molecule has 3 aromatic rings. The first-order chi connectivity index (χ1) is 16.7. The van der Waals surface area contributed by atoms with Gasteiger partial charge < -0.3 is 29.5 Å². The molecule has 34 heavy (non-hydrogen) atoms. The van der Waals surface area contributed by atoms with Gasteiger partial charge in [0.2, 0.25) is 0 Å². The molecule has 3 rings (SSSR count). The van der Waals surface area contributed by atoms with Crippen LogP contribution in [-0.2, 0) is 34.0 Å². The second-order valence-electron chi connectivity index (χ2n) is 8.16. The van der Waals surface area contributed by atoms with Crippen molar-refractivity contribution in [3.8, 4) is 0 Å². The molecule has 0 aromatic heterocycles. The molecule has 3 aromatic carbocycles. The predicted octanol–water partition coefficient (Wildman–Crippen LogP) is 3.48. The van der Waals surface area contributed by atoms with Crippen LogP contribution in [0.5, 0.6) is 0 Å². The van der Waals surface area contributed by atoms with Crippen molar-refractivity contribution in [3.05, 3.63) is 108 Å². The maximum atomic E-state index is 11.2. The van der Waals surface area contributed by atoms with Gasteiger partial charge in [-0.2, -0.15) is 0 Å². The summed E-state index contributed by atoms with van der Waals surface area (Å²) in [6, 6.07) is 29.0. The van der Waals surface area contributed by atoms with Crippen molar-refractivity contribution >= 4 is 0 Å². The molecule has 0 spiro atoms. The molecule has 0 fully saturated rings. The molecule has 0 heterocycles. The van der Waals surface area contributed by atoms with Gasteiger partial charge in [-0.05, 0) is 23.1 Å². The summed E-state index contributed by atoms with van der Waals surface area (Å²) in [6.45, 7) is 0.755. The molecule has 6 heteroatoms. The Hall–Kier alpha value is -2.58. The predicted molar refractivity (Wildman–Crippen MR) is 130 cm³/mol. The molecular weight excluding hydrogens is 432 g/mol. The second kappa shape index (κ2) is 14.6. The summed E-state index contributed by atoms with van der Waals surface area (Å²) in [6.07, 6.45) is -3.73. The topological polar surface area (TPSA) is 88.4 Å². The van der Waals surface area contributed by atoms with Crippen molar-refractivity contribution in [1.29, 1.82) is 0 Å². The van der Waals surface area contributed by atoms with E-state index in [1.165, 1.54) is 0 Å². The van der Waals surface area contributed by atoms with E-state index in [4.69, 9.17) is 14.2 Å². The molecule has 2 unspecified atom stereocenters. The molecule has 0 aliphatic heterocycles. The van der Waals surface area contributed by atoms with E-state index >= 15 is 0 Å². The molecule has 4 atom stereocenters. The number of aliphatic hydroxyl groups is 3. The highest BCUT2D eigenvalue weighted by molar-refractivity contribution is 5.15. The van der Waals surface area contributed by atoms with Crippen LogP contribution in [0.25, 0.3) is 0 Å². The van der Waals surface area contributed by atoms with Crippen LogP contribution in [0.1, 0.15) is 23.1 Å². The molecule has 6 nitrogen and oxygen atoms in total. The van der Waals surface area contributed by atoms with E-state index in [2.05, 4.69) is 0 Å². The fourth-order valence-corrected chi connectivity index (χ4v) is 3.61. The van der Waals surface area contributed by atoms with Crippen molar-refractivity contribution in [2.45, 2.75) is 50.7 Å². The van der Waals surface area contributed by atoms with Crippen molar-refractivity contribution < 1.29 is 29.5 Å². The Labute approximate surface area is 201 Å². The van der Waals surface area contributed by atoms with Gasteiger partial charge in [0, 0.05) is 6.61 Å². The summed E-state index contributed by atoms with van der Waals surface area (Å²) < 4.78 is 17.7. The molecule has 0 aliphatic carbocycles. The molecular formula is C28H34O6. The second-order valence-corrected chi connectivity index (χ2v) is 8.16. The first kappa shape index (κ1) is 26.0. The lowest BCUT2D eigenvalue weighted by Gasteiger charge is -2.32. The SMILES string of the molecule is OC[C@@H](O)C(OCc1ccccc1)C(O)[C@@H](CCOCc1ccccc1)OCc1ccccc1. The minimum absolute atomic E-state index is 0.190. The third-order valence-corrected chi connectivity index (χ3v) is 5.53. The Balaban J connectivity index is 1.64. The first-order valence-corrected chi connectivity index (χ1v) is 11.6. The van der Waals surface area contributed by atoms with Gasteiger partial charge in [-0.1, -0.05) is 91.0 Å². The quantitative estimate of drug-likeness (QED) is 0.297. The van der Waals surface area contributed by atoms with Crippen LogP contribution < -0.4 is 0 Å². The number of rotatable bonds is 15. The number of aliphatic hydroxyl groups excluding tert-OH is 3. The van der Waals surface area contributed by atoms with Crippen molar-refractivity contribution in [3.63, 3.8) is 0 Å². The Kier molecular flexibility index (Phi) is 11.2. The number of ether oxygens (including phenoxy) is 3. The zero-order chi connectivity index (χ0) is 24.0. The van der Waals surface area contributed by atoms with Crippen LogP contribution in [0.15, 0.2) is 91.0 Å². The zero-order valence-corrected chi connectivity index (χ0v) is 19.3. The van der Waals surface area contributed by atoms with Crippen LogP contribution in [0.4, 0.5) is 0 Å². The minimum Gasteiger partial charge on any atom is -0.394 e. The maximum absolute atomic E-state index is 11.2. The third kappa shape index (κ3) is 8.65. The lowest BCUT2D eigenvalue weighted by molar-refractivity contribution is -0.164. The number of benzene rings is 3. The normalized spacial score (nSPS) is 14.9. The highest BCUT2D eigenvalue weighted by Gasteiger charge is 2.34. The molecule has 0 saturated carbocycles. The molecule has 0 amide bonds.